The lowest BCUT2D eigenvalue weighted by Gasteiger charge is -2.36. The van der Waals surface area contributed by atoms with Gasteiger partial charge in [0, 0.05) is 42.9 Å². The maximum absolute atomic E-state index is 11.9. The summed E-state index contributed by atoms with van der Waals surface area (Å²) in [6, 6.07) is 19.4. The highest BCUT2D eigenvalue weighted by molar-refractivity contribution is 5.88. The van der Waals surface area contributed by atoms with Gasteiger partial charge >= 0.3 is 5.97 Å². The Hall–Kier alpha value is -3.67. The molecule has 1 saturated heterocycles. The lowest BCUT2D eigenvalue weighted by molar-refractivity contribution is 0.0694. The Morgan fingerprint density at radius 2 is 1.83 bits per heavy atom. The van der Waals surface area contributed by atoms with Crippen molar-refractivity contribution >= 4 is 22.8 Å². The molecule has 1 atom stereocenters. The third-order valence-electron chi connectivity index (χ3n) is 7.42. The van der Waals surface area contributed by atoms with Gasteiger partial charge in [0.25, 0.3) is 0 Å². The molecule has 36 heavy (non-hydrogen) atoms. The summed E-state index contributed by atoms with van der Waals surface area (Å²) < 4.78 is 2.15. The number of aryl methyl sites for hydroxylation is 4. The molecule has 6 heteroatoms. The summed E-state index contributed by atoms with van der Waals surface area (Å²) in [5, 5.41) is 11.1. The maximum atomic E-state index is 11.9. The average Bonchev–Trinajstić information content (AvgIpc) is 3.23. The van der Waals surface area contributed by atoms with E-state index in [1.807, 2.05) is 0 Å². The molecule has 3 heterocycles. The minimum Gasteiger partial charge on any atom is -0.478 e. The summed E-state index contributed by atoms with van der Waals surface area (Å²) >= 11 is 0. The molecule has 0 radical (unpaired) electrons. The highest BCUT2D eigenvalue weighted by Gasteiger charge is 2.26. The van der Waals surface area contributed by atoms with E-state index in [1.54, 1.807) is 0 Å². The quantitative estimate of drug-likeness (QED) is 0.325. The van der Waals surface area contributed by atoms with E-state index in [1.165, 1.54) is 34.6 Å². The minimum atomic E-state index is -0.957. The first-order chi connectivity index (χ1) is 17.6. The minimum absolute atomic E-state index is 0.217. The molecule has 0 saturated carbocycles. The molecule has 1 N–H and O–H groups in total. The fourth-order valence-electron chi connectivity index (χ4n) is 5.53. The smallest absolute Gasteiger partial charge is 0.339 e. The Labute approximate surface area is 212 Å². The van der Waals surface area contributed by atoms with E-state index in [-0.39, 0.29) is 5.56 Å². The van der Waals surface area contributed by atoms with Gasteiger partial charge in [0.05, 0.1) is 11.3 Å². The number of carboxylic acids is 1. The van der Waals surface area contributed by atoms with E-state index >= 15 is 0 Å². The molecule has 0 unspecified atom stereocenters. The van der Waals surface area contributed by atoms with Crippen molar-refractivity contribution in [1.29, 1.82) is 0 Å². The molecule has 2 aromatic heterocycles. The number of hydrogen-bond acceptors (Lipinski definition) is 4. The molecule has 0 aliphatic carbocycles. The highest BCUT2D eigenvalue weighted by Crippen LogP contribution is 2.27. The van der Waals surface area contributed by atoms with Crippen LogP contribution < -0.4 is 4.90 Å². The van der Waals surface area contributed by atoms with Crippen molar-refractivity contribution in [2.24, 2.45) is 7.05 Å². The number of nitrogens with zero attached hydrogens (tertiary/aromatic N) is 4. The van der Waals surface area contributed by atoms with Gasteiger partial charge in [-0.3, -0.25) is 0 Å². The molecule has 6 nitrogen and oxygen atoms in total. The van der Waals surface area contributed by atoms with Crippen LogP contribution in [-0.4, -0.2) is 38.2 Å². The Morgan fingerprint density at radius 1 is 1.03 bits per heavy atom. The van der Waals surface area contributed by atoms with Crippen LogP contribution in [0.1, 0.15) is 59.3 Å². The van der Waals surface area contributed by atoms with Gasteiger partial charge in [-0.2, -0.15) is 0 Å². The molecule has 4 aromatic rings. The van der Waals surface area contributed by atoms with E-state index in [2.05, 4.69) is 82.3 Å². The first kappa shape index (κ1) is 24.0. The van der Waals surface area contributed by atoms with Crippen LogP contribution >= 0.6 is 0 Å². The second kappa shape index (κ2) is 10.9. The standard InChI is InChI=1S/C30H34N4O2/c1-33-21-23(25-14-5-6-16-28(25)33)12-9-15-27-26(29(35)36)20-31-30(32-27)34-19-8-7-13-24(34)18-17-22-10-3-2-4-11-22/h2-6,10-11,14,16,20-21,24H,7-9,12-13,15,17-19H2,1H3,(H,35,36)/t24-/m0/s1. The summed E-state index contributed by atoms with van der Waals surface area (Å²) in [7, 11) is 2.07. The van der Waals surface area contributed by atoms with Crippen molar-refractivity contribution in [2.75, 3.05) is 11.4 Å². The van der Waals surface area contributed by atoms with Gasteiger partial charge < -0.3 is 14.6 Å². The number of aromatic carboxylic acids is 1. The van der Waals surface area contributed by atoms with Crippen LogP contribution in [0.5, 0.6) is 0 Å². The number of para-hydroxylation sites is 1. The Kier molecular flexibility index (Phi) is 7.31. The Morgan fingerprint density at radius 3 is 2.67 bits per heavy atom. The highest BCUT2D eigenvalue weighted by atomic mass is 16.4. The third-order valence-corrected chi connectivity index (χ3v) is 7.42. The normalized spacial score (nSPS) is 15.9. The second-order valence-electron chi connectivity index (χ2n) is 9.84. The van der Waals surface area contributed by atoms with Crippen molar-refractivity contribution in [1.82, 2.24) is 14.5 Å². The van der Waals surface area contributed by atoms with Crippen molar-refractivity contribution in [3.05, 3.63) is 89.4 Å². The zero-order valence-corrected chi connectivity index (χ0v) is 20.9. The number of benzene rings is 2. The van der Waals surface area contributed by atoms with Gasteiger partial charge in [0.15, 0.2) is 0 Å². The number of fused-ring (bicyclic) bond motifs is 1. The fraction of sp³-hybridized carbons (Fsp3) is 0.367. The number of aromatic nitrogens is 3. The van der Waals surface area contributed by atoms with Crippen LogP contribution in [0.2, 0.25) is 0 Å². The zero-order valence-electron chi connectivity index (χ0n) is 20.9. The van der Waals surface area contributed by atoms with Crippen molar-refractivity contribution < 1.29 is 9.90 Å². The molecule has 0 amide bonds. The first-order valence-corrected chi connectivity index (χ1v) is 13.0. The Balaban J connectivity index is 1.32. The molecule has 0 spiro atoms. The lowest BCUT2D eigenvalue weighted by atomic mass is 9.96. The van der Waals surface area contributed by atoms with Gasteiger partial charge in [-0.05, 0) is 68.6 Å². The van der Waals surface area contributed by atoms with Crippen LogP contribution in [-0.2, 0) is 26.3 Å². The van der Waals surface area contributed by atoms with Gasteiger partial charge in [-0.1, -0.05) is 48.5 Å². The van der Waals surface area contributed by atoms with Crippen LogP contribution in [0.15, 0.2) is 67.0 Å². The van der Waals surface area contributed by atoms with Crippen molar-refractivity contribution in [3.63, 3.8) is 0 Å². The van der Waals surface area contributed by atoms with Gasteiger partial charge in [-0.15, -0.1) is 0 Å². The number of hydrogen-bond donors (Lipinski definition) is 1. The summed E-state index contributed by atoms with van der Waals surface area (Å²) in [6.07, 6.45) is 11.5. The van der Waals surface area contributed by atoms with Crippen molar-refractivity contribution in [2.45, 2.75) is 57.4 Å². The lowest BCUT2D eigenvalue weighted by Crippen LogP contribution is -2.41. The molecular weight excluding hydrogens is 448 g/mol. The molecule has 1 fully saturated rings. The molecule has 5 rings (SSSR count). The summed E-state index contributed by atoms with van der Waals surface area (Å²) in [5.74, 6) is -0.279. The molecular formula is C30H34N4O2. The van der Waals surface area contributed by atoms with Crippen LogP contribution in [0.3, 0.4) is 0 Å². The average molecular weight is 483 g/mol. The number of carboxylic acid groups (broad SMARTS) is 1. The second-order valence-corrected chi connectivity index (χ2v) is 9.84. The molecule has 186 valence electrons. The largest absolute Gasteiger partial charge is 0.478 e. The summed E-state index contributed by atoms with van der Waals surface area (Å²) in [5.41, 5.74) is 4.71. The molecule has 1 aliphatic rings. The fourth-order valence-corrected chi connectivity index (χ4v) is 5.53. The molecule has 0 bridgehead atoms. The topological polar surface area (TPSA) is 71.2 Å². The van der Waals surface area contributed by atoms with E-state index in [0.29, 0.717) is 24.1 Å². The van der Waals surface area contributed by atoms with Crippen LogP contribution in [0, 0.1) is 0 Å². The van der Waals surface area contributed by atoms with E-state index in [4.69, 9.17) is 4.98 Å². The van der Waals surface area contributed by atoms with Crippen LogP contribution in [0.25, 0.3) is 10.9 Å². The number of rotatable bonds is 9. The maximum Gasteiger partial charge on any atom is 0.339 e. The van der Waals surface area contributed by atoms with E-state index < -0.39 is 5.97 Å². The number of carbonyl (C=O) groups is 1. The van der Waals surface area contributed by atoms with Crippen LogP contribution in [0.4, 0.5) is 5.95 Å². The molecule has 2 aromatic carbocycles. The summed E-state index contributed by atoms with van der Waals surface area (Å²) in [4.78, 5) is 23.6. The van der Waals surface area contributed by atoms with Gasteiger partial charge in [0.2, 0.25) is 5.95 Å². The van der Waals surface area contributed by atoms with E-state index in [0.717, 1.165) is 45.1 Å². The van der Waals surface area contributed by atoms with Gasteiger partial charge in [-0.25, -0.2) is 14.8 Å². The van der Waals surface area contributed by atoms with E-state index in [9.17, 15) is 9.90 Å². The first-order valence-electron chi connectivity index (χ1n) is 13.0. The number of anilines is 1. The third kappa shape index (κ3) is 5.27. The number of piperidine rings is 1. The predicted octanol–water partition coefficient (Wildman–Crippen LogP) is 5.83. The Bertz CT molecular complexity index is 1330. The predicted molar refractivity (Wildman–Crippen MR) is 144 cm³/mol. The van der Waals surface area contributed by atoms with Crippen molar-refractivity contribution in [3.8, 4) is 0 Å². The monoisotopic (exact) mass is 482 g/mol. The zero-order chi connectivity index (χ0) is 24.9. The van der Waals surface area contributed by atoms with Gasteiger partial charge in [0.1, 0.15) is 0 Å². The SMILES string of the molecule is Cn1cc(CCCc2nc(N3CCCC[C@H]3CCc3ccccc3)ncc2C(=O)O)c2ccccc21. The molecule has 1 aliphatic heterocycles. The summed E-state index contributed by atoms with van der Waals surface area (Å²) in [6.45, 7) is 0.918.